The molecule has 1 aromatic carbocycles. The first-order valence-electron chi connectivity index (χ1n) is 7.38. The zero-order chi connectivity index (χ0) is 14.0. The Hall–Kier alpha value is -0.940. The summed E-state index contributed by atoms with van der Waals surface area (Å²) in [7, 11) is 0. The van der Waals surface area contributed by atoms with E-state index in [4.69, 9.17) is 19.3 Å². The lowest BCUT2D eigenvalue weighted by molar-refractivity contribution is -0.201. The average molecular weight is 280 g/mol. The molecule has 1 saturated heterocycles. The van der Waals surface area contributed by atoms with Gasteiger partial charge in [0.2, 0.25) is 0 Å². The molecule has 0 aromatic heterocycles. The Morgan fingerprint density at radius 1 is 1.25 bits per heavy atom. The van der Waals surface area contributed by atoms with Gasteiger partial charge in [-0.3, -0.25) is 0 Å². The van der Waals surface area contributed by atoms with Gasteiger partial charge >= 0.3 is 0 Å². The standard InChI is InChI=1S/C16H24O4/c17-10-9-15(20-16-8-4-5-11-19-16)13-18-12-14-6-2-1-3-7-14/h1-3,6-7,15-17H,4-5,8-13H2/t15-,16?/m1/s1. The number of aliphatic hydroxyl groups is 1. The maximum absolute atomic E-state index is 9.11. The molecule has 1 aliphatic heterocycles. The lowest BCUT2D eigenvalue weighted by Crippen LogP contribution is -2.31. The predicted octanol–water partition coefficient (Wildman–Crippen LogP) is 2.50. The Morgan fingerprint density at radius 2 is 2.10 bits per heavy atom. The van der Waals surface area contributed by atoms with Crippen LogP contribution in [0.25, 0.3) is 0 Å². The molecular weight excluding hydrogens is 256 g/mol. The largest absolute Gasteiger partial charge is 0.396 e. The van der Waals surface area contributed by atoms with Crippen LogP contribution in [0.1, 0.15) is 31.2 Å². The van der Waals surface area contributed by atoms with E-state index >= 15 is 0 Å². The van der Waals surface area contributed by atoms with Gasteiger partial charge in [0.1, 0.15) is 0 Å². The van der Waals surface area contributed by atoms with Crippen LogP contribution in [0.3, 0.4) is 0 Å². The highest BCUT2D eigenvalue weighted by atomic mass is 16.7. The molecule has 2 atom stereocenters. The van der Waals surface area contributed by atoms with Gasteiger partial charge in [0.05, 0.1) is 19.3 Å². The van der Waals surface area contributed by atoms with Crippen LogP contribution in [-0.4, -0.2) is 37.3 Å². The summed E-state index contributed by atoms with van der Waals surface area (Å²) < 4.78 is 17.1. The summed E-state index contributed by atoms with van der Waals surface area (Å²) in [5.74, 6) is 0. The molecule has 0 aliphatic carbocycles. The van der Waals surface area contributed by atoms with E-state index in [1.54, 1.807) is 0 Å². The average Bonchev–Trinajstić information content (AvgIpc) is 2.49. The van der Waals surface area contributed by atoms with Gasteiger partial charge in [-0.25, -0.2) is 0 Å². The number of rotatable bonds is 8. The second kappa shape index (κ2) is 9.08. The fraction of sp³-hybridized carbons (Fsp3) is 0.625. The number of aliphatic hydroxyl groups excluding tert-OH is 1. The van der Waals surface area contributed by atoms with Crippen molar-refractivity contribution in [1.29, 1.82) is 0 Å². The highest BCUT2D eigenvalue weighted by Crippen LogP contribution is 2.17. The minimum atomic E-state index is -0.138. The van der Waals surface area contributed by atoms with Gasteiger partial charge in [-0.1, -0.05) is 30.3 Å². The van der Waals surface area contributed by atoms with E-state index in [1.807, 2.05) is 30.3 Å². The molecule has 4 heteroatoms. The van der Waals surface area contributed by atoms with Crippen LogP contribution < -0.4 is 0 Å². The molecular formula is C16H24O4. The van der Waals surface area contributed by atoms with Crippen LogP contribution in [0, 0.1) is 0 Å². The number of ether oxygens (including phenoxy) is 3. The minimum absolute atomic E-state index is 0.103. The summed E-state index contributed by atoms with van der Waals surface area (Å²) in [6.45, 7) is 1.92. The Labute approximate surface area is 120 Å². The molecule has 1 unspecified atom stereocenters. The number of hydrogen-bond donors (Lipinski definition) is 1. The fourth-order valence-corrected chi connectivity index (χ4v) is 2.25. The first-order valence-corrected chi connectivity index (χ1v) is 7.38. The lowest BCUT2D eigenvalue weighted by Gasteiger charge is -2.27. The third-order valence-corrected chi connectivity index (χ3v) is 3.35. The Balaban J connectivity index is 1.71. The molecule has 112 valence electrons. The molecule has 4 nitrogen and oxygen atoms in total. The van der Waals surface area contributed by atoms with E-state index in [1.165, 1.54) is 0 Å². The van der Waals surface area contributed by atoms with E-state index in [2.05, 4.69) is 0 Å². The van der Waals surface area contributed by atoms with Gasteiger partial charge in [-0.15, -0.1) is 0 Å². The van der Waals surface area contributed by atoms with Crippen molar-refractivity contribution in [2.24, 2.45) is 0 Å². The summed E-state index contributed by atoms with van der Waals surface area (Å²) in [6, 6.07) is 10.0. The van der Waals surface area contributed by atoms with Gasteiger partial charge < -0.3 is 19.3 Å². The first-order chi connectivity index (χ1) is 9.88. The lowest BCUT2D eigenvalue weighted by atomic mass is 10.2. The Bertz CT molecular complexity index is 349. The molecule has 0 bridgehead atoms. The van der Waals surface area contributed by atoms with Gasteiger partial charge in [-0.05, 0) is 31.2 Å². The fourth-order valence-electron chi connectivity index (χ4n) is 2.25. The SMILES string of the molecule is OCC[C@H](COCc1ccccc1)OC1CCCCO1. The second-order valence-corrected chi connectivity index (χ2v) is 5.07. The van der Waals surface area contributed by atoms with Crippen molar-refractivity contribution in [3.05, 3.63) is 35.9 Å². The van der Waals surface area contributed by atoms with Crippen LogP contribution in [0.5, 0.6) is 0 Å². The molecule has 1 fully saturated rings. The number of benzene rings is 1. The summed E-state index contributed by atoms with van der Waals surface area (Å²) in [6.07, 6.45) is 3.51. The predicted molar refractivity (Wildman–Crippen MR) is 76.3 cm³/mol. The molecule has 0 amide bonds. The maximum atomic E-state index is 9.11. The first kappa shape index (κ1) is 15.4. The quantitative estimate of drug-likeness (QED) is 0.795. The van der Waals surface area contributed by atoms with E-state index in [-0.39, 0.29) is 19.0 Å². The summed E-state index contributed by atoms with van der Waals surface area (Å²) in [4.78, 5) is 0. The highest BCUT2D eigenvalue weighted by Gasteiger charge is 2.19. The number of hydrogen-bond acceptors (Lipinski definition) is 4. The molecule has 20 heavy (non-hydrogen) atoms. The molecule has 1 aromatic rings. The summed E-state index contributed by atoms with van der Waals surface area (Å²) in [5.41, 5.74) is 1.14. The molecule has 1 aliphatic rings. The molecule has 0 saturated carbocycles. The zero-order valence-electron chi connectivity index (χ0n) is 11.9. The minimum Gasteiger partial charge on any atom is -0.396 e. The topological polar surface area (TPSA) is 47.9 Å². The molecule has 0 radical (unpaired) electrons. The van der Waals surface area contributed by atoms with Gasteiger partial charge in [0.25, 0.3) is 0 Å². The van der Waals surface area contributed by atoms with Gasteiger partial charge in [0.15, 0.2) is 6.29 Å². The third kappa shape index (κ3) is 5.59. The van der Waals surface area contributed by atoms with Crippen LogP contribution in [0.2, 0.25) is 0 Å². The zero-order valence-corrected chi connectivity index (χ0v) is 11.9. The van der Waals surface area contributed by atoms with E-state index in [9.17, 15) is 0 Å². The smallest absolute Gasteiger partial charge is 0.158 e. The van der Waals surface area contributed by atoms with Crippen molar-refractivity contribution in [3.8, 4) is 0 Å². The van der Waals surface area contributed by atoms with Crippen molar-refractivity contribution >= 4 is 0 Å². The van der Waals surface area contributed by atoms with E-state index < -0.39 is 0 Å². The van der Waals surface area contributed by atoms with E-state index in [0.29, 0.717) is 19.6 Å². The van der Waals surface area contributed by atoms with Crippen molar-refractivity contribution in [3.63, 3.8) is 0 Å². The summed E-state index contributed by atoms with van der Waals surface area (Å²) in [5, 5.41) is 9.11. The van der Waals surface area contributed by atoms with Gasteiger partial charge in [-0.2, -0.15) is 0 Å². The summed E-state index contributed by atoms with van der Waals surface area (Å²) >= 11 is 0. The monoisotopic (exact) mass is 280 g/mol. The van der Waals surface area contributed by atoms with Crippen LogP contribution in [-0.2, 0) is 20.8 Å². The molecule has 1 heterocycles. The van der Waals surface area contributed by atoms with Crippen molar-refractivity contribution in [2.45, 2.75) is 44.7 Å². The van der Waals surface area contributed by atoms with E-state index in [0.717, 1.165) is 31.4 Å². The molecule has 0 spiro atoms. The van der Waals surface area contributed by atoms with Gasteiger partial charge in [0, 0.05) is 13.2 Å². The van der Waals surface area contributed by atoms with Crippen molar-refractivity contribution < 1.29 is 19.3 Å². The normalized spacial score (nSPS) is 20.8. The van der Waals surface area contributed by atoms with Crippen molar-refractivity contribution in [2.75, 3.05) is 19.8 Å². The molecule has 1 N–H and O–H groups in total. The Morgan fingerprint density at radius 3 is 2.80 bits per heavy atom. The Kier molecular flexibility index (Phi) is 7.01. The maximum Gasteiger partial charge on any atom is 0.158 e. The molecule has 2 rings (SSSR count). The van der Waals surface area contributed by atoms with Crippen LogP contribution in [0.4, 0.5) is 0 Å². The highest BCUT2D eigenvalue weighted by molar-refractivity contribution is 5.13. The van der Waals surface area contributed by atoms with Crippen LogP contribution in [0.15, 0.2) is 30.3 Å². The second-order valence-electron chi connectivity index (χ2n) is 5.07. The van der Waals surface area contributed by atoms with Crippen LogP contribution >= 0.6 is 0 Å². The van der Waals surface area contributed by atoms with Crippen molar-refractivity contribution in [1.82, 2.24) is 0 Å². The third-order valence-electron chi connectivity index (χ3n) is 3.35.